The highest BCUT2D eigenvalue weighted by Gasteiger charge is 2.93. The van der Waals surface area contributed by atoms with Gasteiger partial charge in [0, 0.05) is 0 Å². The third-order valence-corrected chi connectivity index (χ3v) is 17.4. The first-order valence-electron chi connectivity index (χ1n) is 16.3. The number of fused-ring (bicyclic) bond motifs is 4. The molecule has 178 valence electrons. The first-order chi connectivity index (χ1) is 16.3. The van der Waals surface area contributed by atoms with Gasteiger partial charge in [-0.1, -0.05) is 26.7 Å². The minimum Gasteiger partial charge on any atom is -0.0651 e. The molecule has 11 fully saturated rings. The van der Waals surface area contributed by atoms with Gasteiger partial charge in [-0.2, -0.15) is 0 Å². The third-order valence-electron chi connectivity index (χ3n) is 17.4. The molecule has 0 aromatic heterocycles. The van der Waals surface area contributed by atoms with Gasteiger partial charge in [-0.05, 0) is 175 Å². The van der Waals surface area contributed by atoms with E-state index in [-0.39, 0.29) is 0 Å². The van der Waals surface area contributed by atoms with E-state index in [0.29, 0.717) is 0 Å². The molecule has 11 saturated carbocycles. The van der Waals surface area contributed by atoms with Gasteiger partial charge in [0.2, 0.25) is 0 Å². The van der Waals surface area contributed by atoms with Gasteiger partial charge >= 0.3 is 0 Å². The molecule has 0 nitrogen and oxygen atoms in total. The van der Waals surface area contributed by atoms with Crippen LogP contribution in [0.1, 0.15) is 78.1 Å². The van der Waals surface area contributed by atoms with Crippen LogP contribution >= 0.6 is 0 Å². The Bertz CT molecular complexity index is 880. The van der Waals surface area contributed by atoms with E-state index < -0.39 is 0 Å². The minimum atomic E-state index is 0.958. The fourth-order valence-corrected chi connectivity index (χ4v) is 17.9. The summed E-state index contributed by atoms with van der Waals surface area (Å²) in [6.45, 7) is 5.23. The molecule has 0 amide bonds. The molecule has 16 unspecified atom stereocenters. The predicted octanol–water partition coefficient (Wildman–Crippen LogP) is 7.39. The van der Waals surface area contributed by atoms with Crippen molar-refractivity contribution in [1.82, 2.24) is 0 Å². The van der Waals surface area contributed by atoms with E-state index in [1.54, 1.807) is 51.4 Å². The Kier molecular flexibility index (Phi) is 2.95. The molecule has 0 aromatic carbocycles. The van der Waals surface area contributed by atoms with E-state index in [0.717, 1.165) is 29.1 Å². The van der Waals surface area contributed by atoms with Crippen molar-refractivity contribution < 1.29 is 0 Å². The molecule has 0 heterocycles. The molecule has 11 aliphatic carbocycles. The monoisotopic (exact) mass is 442 g/mol. The van der Waals surface area contributed by atoms with Crippen molar-refractivity contribution in [2.45, 2.75) is 78.1 Å². The van der Waals surface area contributed by atoms with E-state index in [9.17, 15) is 0 Å². The summed E-state index contributed by atoms with van der Waals surface area (Å²) in [5.74, 6) is 24.3. The van der Waals surface area contributed by atoms with Crippen molar-refractivity contribution in [3.63, 3.8) is 0 Å². The Hall–Kier alpha value is 0. The van der Waals surface area contributed by atoms with Crippen molar-refractivity contribution in [2.75, 3.05) is 0 Å². The second-order valence-corrected chi connectivity index (χ2v) is 16.5. The zero-order valence-corrected chi connectivity index (χ0v) is 21.1. The van der Waals surface area contributed by atoms with Gasteiger partial charge in [-0.15, -0.1) is 0 Å². The number of hydrogen-bond donors (Lipinski definition) is 0. The number of hydrogen-bond acceptors (Lipinski definition) is 0. The zero-order chi connectivity index (χ0) is 21.1. The standard InChI is InChI=1S/C33H46/c1-3-13-9-16-7-5-15-6-8-17-10-14(4-2)23-19-12-21-30(19)33-29-18(11-20(29)31(21)33)22(13)27-25(16)24(15)26(17)28(23)32(27)33/h13-32H,3-12H2,1-2H3. The van der Waals surface area contributed by atoms with Crippen LogP contribution in [-0.4, -0.2) is 0 Å². The number of rotatable bonds is 2. The molecule has 0 aliphatic heterocycles. The quantitative estimate of drug-likeness (QED) is 0.418. The molecule has 0 radical (unpaired) electrons. The lowest BCUT2D eigenvalue weighted by atomic mass is 9.07. The second-order valence-electron chi connectivity index (χ2n) is 16.5. The Morgan fingerprint density at radius 3 is 1.42 bits per heavy atom. The summed E-state index contributed by atoms with van der Waals surface area (Å²) in [4.78, 5) is 0. The zero-order valence-electron chi connectivity index (χ0n) is 21.1. The highest BCUT2D eigenvalue weighted by Crippen LogP contribution is 2.97. The molecule has 0 N–H and O–H groups in total. The van der Waals surface area contributed by atoms with Gasteiger partial charge in [0.25, 0.3) is 0 Å². The van der Waals surface area contributed by atoms with Crippen LogP contribution in [0, 0.1) is 124 Å². The highest BCUT2D eigenvalue weighted by molar-refractivity contribution is 5.40. The molecular formula is C33H46. The van der Waals surface area contributed by atoms with Gasteiger partial charge in [0.05, 0.1) is 0 Å². The first-order valence-corrected chi connectivity index (χ1v) is 16.3. The van der Waals surface area contributed by atoms with E-state index in [1.807, 2.05) is 0 Å². The lowest BCUT2D eigenvalue weighted by Gasteiger charge is -2.97. The molecule has 0 heteroatoms. The van der Waals surface area contributed by atoms with E-state index in [1.165, 1.54) is 108 Å². The summed E-state index contributed by atoms with van der Waals surface area (Å²) in [5, 5.41) is 0. The fraction of sp³-hybridized carbons (Fsp3) is 1.00. The summed E-state index contributed by atoms with van der Waals surface area (Å²) in [5.41, 5.74) is 0.958. The van der Waals surface area contributed by atoms with Crippen molar-refractivity contribution in [2.24, 2.45) is 124 Å². The summed E-state index contributed by atoms with van der Waals surface area (Å²) in [7, 11) is 0. The predicted molar refractivity (Wildman–Crippen MR) is 130 cm³/mol. The molecule has 0 aromatic rings. The smallest absolute Gasteiger partial charge is 0.0162 e. The van der Waals surface area contributed by atoms with Crippen LogP contribution in [0.5, 0.6) is 0 Å². The van der Waals surface area contributed by atoms with E-state index in [2.05, 4.69) is 13.8 Å². The maximum Gasteiger partial charge on any atom is -0.0162 e. The summed E-state index contributed by atoms with van der Waals surface area (Å²) >= 11 is 0. The van der Waals surface area contributed by atoms with Crippen LogP contribution in [0.3, 0.4) is 0 Å². The molecule has 16 atom stereocenters. The van der Waals surface area contributed by atoms with Crippen molar-refractivity contribution in [3.05, 3.63) is 0 Å². The molecule has 0 saturated heterocycles. The molecule has 11 rings (SSSR count). The molecule has 33 heavy (non-hydrogen) atoms. The fourth-order valence-electron chi connectivity index (χ4n) is 17.9. The minimum absolute atomic E-state index is 0.958. The maximum absolute atomic E-state index is 2.61. The second kappa shape index (κ2) is 5.32. The Balaban J connectivity index is 1.18. The Morgan fingerprint density at radius 2 is 0.909 bits per heavy atom. The summed E-state index contributed by atoms with van der Waals surface area (Å²) in [6.07, 6.45) is 16.5. The lowest BCUT2D eigenvalue weighted by Crippen LogP contribution is -2.93. The van der Waals surface area contributed by atoms with Crippen molar-refractivity contribution in [1.29, 1.82) is 0 Å². The van der Waals surface area contributed by atoms with Crippen LogP contribution in [0.15, 0.2) is 0 Å². The van der Waals surface area contributed by atoms with Crippen LogP contribution in [0.4, 0.5) is 0 Å². The van der Waals surface area contributed by atoms with Crippen LogP contribution in [-0.2, 0) is 0 Å². The van der Waals surface area contributed by atoms with Gasteiger partial charge in [-0.25, -0.2) is 0 Å². The average Bonchev–Trinajstić information content (AvgIpc) is 2.79. The van der Waals surface area contributed by atoms with E-state index in [4.69, 9.17) is 0 Å². The summed E-state index contributed by atoms with van der Waals surface area (Å²) in [6, 6.07) is 0. The topological polar surface area (TPSA) is 0 Å². The van der Waals surface area contributed by atoms with Crippen molar-refractivity contribution in [3.8, 4) is 0 Å². The van der Waals surface area contributed by atoms with E-state index >= 15 is 0 Å². The van der Waals surface area contributed by atoms with Crippen LogP contribution < -0.4 is 0 Å². The average molecular weight is 443 g/mol. The maximum atomic E-state index is 2.61. The lowest BCUT2D eigenvalue weighted by molar-refractivity contribution is -0.501. The van der Waals surface area contributed by atoms with Crippen LogP contribution in [0.2, 0.25) is 0 Å². The van der Waals surface area contributed by atoms with Gasteiger partial charge in [0.15, 0.2) is 0 Å². The SMILES string of the molecule is CCC1CC2CCC3CCC4CC(CC)C5C6CC7C6C68C9C(CC9C76)C1C1C2C3C4C5C18. The molecule has 1 spiro atoms. The molecular weight excluding hydrogens is 396 g/mol. The Morgan fingerprint density at radius 1 is 0.455 bits per heavy atom. The summed E-state index contributed by atoms with van der Waals surface area (Å²) < 4.78 is 0. The Labute approximate surface area is 201 Å². The van der Waals surface area contributed by atoms with Crippen molar-refractivity contribution >= 4 is 0 Å². The molecule has 0 bridgehead atoms. The van der Waals surface area contributed by atoms with Gasteiger partial charge in [-0.3, -0.25) is 0 Å². The van der Waals surface area contributed by atoms with Gasteiger partial charge in [0.1, 0.15) is 0 Å². The highest BCUT2D eigenvalue weighted by atomic mass is 15.0. The largest absolute Gasteiger partial charge is 0.0651 e. The third kappa shape index (κ3) is 1.51. The molecule has 11 aliphatic rings. The van der Waals surface area contributed by atoms with Gasteiger partial charge < -0.3 is 0 Å². The normalized spacial score (nSPS) is 78.0. The first kappa shape index (κ1) is 18.3. The van der Waals surface area contributed by atoms with Crippen LogP contribution in [0.25, 0.3) is 0 Å².